The molecule has 0 bridgehead atoms. The van der Waals surface area contributed by atoms with E-state index >= 15 is 0 Å². The van der Waals surface area contributed by atoms with Gasteiger partial charge in [-0.3, -0.25) is 9.78 Å². The Morgan fingerprint density at radius 3 is 2.89 bits per heavy atom. The van der Waals surface area contributed by atoms with E-state index in [-0.39, 0.29) is 11.5 Å². The van der Waals surface area contributed by atoms with E-state index in [2.05, 4.69) is 4.98 Å². The number of nitrogens with one attached hydrogen (secondary N) is 1. The van der Waals surface area contributed by atoms with Gasteiger partial charge in [0.15, 0.2) is 0 Å². The summed E-state index contributed by atoms with van der Waals surface area (Å²) < 4.78 is 30.5. The Morgan fingerprint density at radius 1 is 1.50 bits per heavy atom. The molecule has 18 heavy (non-hydrogen) atoms. The van der Waals surface area contributed by atoms with Crippen molar-refractivity contribution >= 4 is 15.9 Å². The van der Waals surface area contributed by atoms with Gasteiger partial charge in [0.2, 0.25) is 0 Å². The van der Waals surface area contributed by atoms with Crippen molar-refractivity contribution in [2.24, 2.45) is 5.92 Å². The zero-order valence-corrected chi connectivity index (χ0v) is 10.5. The largest absolute Gasteiger partial charge is 0.371 e. The molecule has 1 heterocycles. The Kier molecular flexibility index (Phi) is 3.93. The molecule has 1 aliphatic rings. The fourth-order valence-corrected chi connectivity index (χ4v) is 2.28. The number of pyridine rings is 1. The van der Waals surface area contributed by atoms with Crippen LogP contribution in [0.4, 0.5) is 0 Å². The molecule has 1 N–H and O–H groups in total. The van der Waals surface area contributed by atoms with Crippen LogP contribution in [0.2, 0.25) is 0 Å². The highest BCUT2D eigenvalue weighted by Gasteiger charge is 2.22. The van der Waals surface area contributed by atoms with Crippen molar-refractivity contribution in [3.63, 3.8) is 0 Å². The highest BCUT2D eigenvalue weighted by atomic mass is 32.2. The summed E-state index contributed by atoms with van der Waals surface area (Å²) >= 11 is 0. The van der Waals surface area contributed by atoms with Crippen molar-refractivity contribution in [3.8, 4) is 0 Å². The molecule has 2 rings (SSSR count). The monoisotopic (exact) mass is 270 g/mol. The summed E-state index contributed by atoms with van der Waals surface area (Å²) in [7, 11) is -3.84. The first-order valence-electron chi connectivity index (χ1n) is 5.61. The second-order valence-corrected chi connectivity index (χ2v) is 5.86. The van der Waals surface area contributed by atoms with Crippen LogP contribution in [-0.4, -0.2) is 32.5 Å². The van der Waals surface area contributed by atoms with Crippen LogP contribution in [0.25, 0.3) is 0 Å². The summed E-state index contributed by atoms with van der Waals surface area (Å²) in [6.07, 6.45) is 4.88. The van der Waals surface area contributed by atoms with E-state index in [1.54, 1.807) is 0 Å². The maximum Gasteiger partial charge on any atom is 0.265 e. The van der Waals surface area contributed by atoms with E-state index in [0.29, 0.717) is 12.5 Å². The van der Waals surface area contributed by atoms with Gasteiger partial charge in [-0.05, 0) is 30.9 Å². The second-order valence-electron chi connectivity index (χ2n) is 4.18. The van der Waals surface area contributed by atoms with Gasteiger partial charge in [-0.15, -0.1) is 0 Å². The molecule has 1 aliphatic carbocycles. The summed E-state index contributed by atoms with van der Waals surface area (Å²) in [5, 5.41) is 0. The van der Waals surface area contributed by atoms with Crippen molar-refractivity contribution in [1.82, 2.24) is 9.71 Å². The molecule has 6 nitrogen and oxygen atoms in total. The van der Waals surface area contributed by atoms with E-state index in [0.717, 1.165) is 12.8 Å². The zero-order valence-electron chi connectivity index (χ0n) is 9.70. The molecule has 0 unspecified atom stereocenters. The van der Waals surface area contributed by atoms with Gasteiger partial charge < -0.3 is 4.74 Å². The fourth-order valence-electron chi connectivity index (χ4n) is 1.35. The predicted molar refractivity (Wildman–Crippen MR) is 63.1 cm³/mol. The van der Waals surface area contributed by atoms with E-state index in [1.165, 1.54) is 24.5 Å². The summed E-state index contributed by atoms with van der Waals surface area (Å²) in [5.74, 6) is -0.132. The Hall–Kier alpha value is -1.47. The minimum Gasteiger partial charge on any atom is -0.371 e. The average molecular weight is 270 g/mol. The van der Waals surface area contributed by atoms with E-state index < -0.39 is 15.9 Å². The minimum atomic E-state index is -3.84. The summed E-state index contributed by atoms with van der Waals surface area (Å²) in [5.41, 5.74) is 0. The van der Waals surface area contributed by atoms with Crippen LogP contribution < -0.4 is 4.72 Å². The minimum absolute atomic E-state index is 0.0412. The third-order valence-corrected chi connectivity index (χ3v) is 3.84. The first-order chi connectivity index (χ1) is 8.58. The number of amides is 1. The molecule has 0 radical (unpaired) electrons. The number of aromatic nitrogens is 1. The smallest absolute Gasteiger partial charge is 0.265 e. The van der Waals surface area contributed by atoms with Crippen LogP contribution in [-0.2, 0) is 19.6 Å². The normalized spacial score (nSPS) is 15.3. The number of sulfonamides is 1. The van der Waals surface area contributed by atoms with Gasteiger partial charge in [0.05, 0.1) is 6.61 Å². The Morgan fingerprint density at radius 2 is 2.28 bits per heavy atom. The number of hydrogen-bond donors (Lipinski definition) is 1. The number of carbonyl (C=O) groups is 1. The number of ether oxygens (including phenoxy) is 1. The number of rotatable bonds is 6. The molecule has 1 amide bonds. The molecule has 1 fully saturated rings. The zero-order chi connectivity index (χ0) is 13.0. The Bertz CT molecular complexity index is 511. The Labute approximate surface area is 105 Å². The summed E-state index contributed by atoms with van der Waals surface area (Å²) in [6, 6.07) is 2.86. The van der Waals surface area contributed by atoms with Crippen molar-refractivity contribution in [2.75, 3.05) is 13.2 Å². The van der Waals surface area contributed by atoms with Crippen LogP contribution in [0.3, 0.4) is 0 Å². The van der Waals surface area contributed by atoms with Gasteiger partial charge in [-0.2, -0.15) is 0 Å². The first-order valence-corrected chi connectivity index (χ1v) is 7.09. The van der Waals surface area contributed by atoms with E-state index in [9.17, 15) is 13.2 Å². The SMILES string of the molecule is O=C(COCC1CC1)NS(=O)(=O)c1cccnc1. The third kappa shape index (κ3) is 3.78. The van der Waals surface area contributed by atoms with Gasteiger partial charge in [0.25, 0.3) is 15.9 Å². The fraction of sp³-hybridized carbons (Fsp3) is 0.455. The molecule has 98 valence electrons. The van der Waals surface area contributed by atoms with Crippen molar-refractivity contribution in [1.29, 1.82) is 0 Å². The van der Waals surface area contributed by atoms with Crippen molar-refractivity contribution in [2.45, 2.75) is 17.7 Å². The second kappa shape index (κ2) is 5.45. The molecule has 0 spiro atoms. The quantitative estimate of drug-likeness (QED) is 0.804. The topological polar surface area (TPSA) is 85.4 Å². The molecule has 0 aromatic carbocycles. The molecule has 1 aromatic rings. The molecule has 7 heteroatoms. The first kappa shape index (κ1) is 13.0. The van der Waals surface area contributed by atoms with Crippen LogP contribution >= 0.6 is 0 Å². The van der Waals surface area contributed by atoms with Crippen LogP contribution in [0.1, 0.15) is 12.8 Å². The average Bonchev–Trinajstić information content (AvgIpc) is 3.13. The van der Waals surface area contributed by atoms with Gasteiger partial charge in [-0.25, -0.2) is 13.1 Å². The standard InChI is InChI=1S/C11H14N2O4S/c14-11(8-17-7-9-3-4-9)13-18(15,16)10-2-1-5-12-6-10/h1-2,5-6,9H,3-4,7-8H2,(H,13,14). The van der Waals surface area contributed by atoms with Crippen LogP contribution in [0, 0.1) is 5.92 Å². The summed E-state index contributed by atoms with van der Waals surface area (Å²) in [4.78, 5) is 15.0. The molecular formula is C11H14N2O4S. The van der Waals surface area contributed by atoms with Gasteiger partial charge in [0, 0.05) is 12.4 Å². The maximum absolute atomic E-state index is 11.7. The molecule has 1 aromatic heterocycles. The van der Waals surface area contributed by atoms with Gasteiger partial charge in [-0.1, -0.05) is 0 Å². The Balaban J connectivity index is 1.85. The summed E-state index contributed by atoms with van der Waals surface area (Å²) in [6.45, 7) is 0.274. The third-order valence-electron chi connectivity index (χ3n) is 2.48. The van der Waals surface area contributed by atoms with Gasteiger partial charge in [0.1, 0.15) is 11.5 Å². The van der Waals surface area contributed by atoms with Gasteiger partial charge >= 0.3 is 0 Å². The van der Waals surface area contributed by atoms with E-state index in [4.69, 9.17) is 4.74 Å². The molecular weight excluding hydrogens is 256 g/mol. The van der Waals surface area contributed by atoms with E-state index in [1.807, 2.05) is 4.72 Å². The van der Waals surface area contributed by atoms with Crippen molar-refractivity contribution in [3.05, 3.63) is 24.5 Å². The highest BCUT2D eigenvalue weighted by Crippen LogP contribution is 2.28. The number of nitrogens with zero attached hydrogens (tertiary/aromatic N) is 1. The van der Waals surface area contributed by atoms with Crippen molar-refractivity contribution < 1.29 is 17.9 Å². The highest BCUT2D eigenvalue weighted by molar-refractivity contribution is 7.90. The predicted octanol–water partition coefficient (Wildman–Crippen LogP) is 0.313. The van der Waals surface area contributed by atoms with Crippen LogP contribution in [0.15, 0.2) is 29.4 Å². The maximum atomic E-state index is 11.7. The van der Waals surface area contributed by atoms with Crippen LogP contribution in [0.5, 0.6) is 0 Å². The lowest BCUT2D eigenvalue weighted by Gasteiger charge is -2.06. The lowest BCUT2D eigenvalue weighted by molar-refractivity contribution is -0.124. The molecule has 1 saturated carbocycles. The molecule has 0 aliphatic heterocycles. The number of carbonyl (C=O) groups excluding carboxylic acids is 1. The lowest BCUT2D eigenvalue weighted by atomic mass is 10.5. The molecule has 0 saturated heterocycles. The molecule has 0 atom stereocenters. The lowest BCUT2D eigenvalue weighted by Crippen LogP contribution is -2.33. The number of hydrogen-bond acceptors (Lipinski definition) is 5.